The van der Waals surface area contributed by atoms with E-state index >= 15 is 0 Å². The lowest BCUT2D eigenvalue weighted by Crippen LogP contribution is -2.49. The quantitative estimate of drug-likeness (QED) is 0.741. The molecule has 92 valence electrons. The summed E-state index contributed by atoms with van der Waals surface area (Å²) in [5.41, 5.74) is 0. The van der Waals surface area contributed by atoms with Crippen molar-refractivity contribution in [3.05, 3.63) is 0 Å². The van der Waals surface area contributed by atoms with E-state index in [0.717, 1.165) is 18.2 Å². The van der Waals surface area contributed by atoms with Crippen molar-refractivity contribution < 1.29 is 4.79 Å². The van der Waals surface area contributed by atoms with Gasteiger partial charge in [-0.05, 0) is 25.5 Å². The number of thioether (sulfide) groups is 1. The van der Waals surface area contributed by atoms with Crippen LogP contribution in [0.5, 0.6) is 0 Å². The molecule has 2 aliphatic heterocycles. The van der Waals surface area contributed by atoms with E-state index in [1.165, 1.54) is 31.6 Å². The first-order chi connectivity index (χ1) is 7.68. The molecule has 16 heavy (non-hydrogen) atoms. The van der Waals surface area contributed by atoms with Crippen molar-refractivity contribution in [2.45, 2.75) is 50.8 Å². The van der Waals surface area contributed by atoms with Crippen LogP contribution in [0.1, 0.15) is 39.5 Å². The van der Waals surface area contributed by atoms with Crippen molar-refractivity contribution in [2.24, 2.45) is 5.92 Å². The van der Waals surface area contributed by atoms with Crippen LogP contribution in [0, 0.1) is 5.92 Å². The number of ketones is 1. The average molecular weight is 241 g/mol. The van der Waals surface area contributed by atoms with Crippen LogP contribution in [0.2, 0.25) is 0 Å². The molecule has 3 unspecified atom stereocenters. The summed E-state index contributed by atoms with van der Waals surface area (Å²) in [6.45, 7) is 6.49. The average Bonchev–Trinajstić information content (AvgIpc) is 2.31. The fraction of sp³-hybridized carbons (Fsp3) is 0.923. The summed E-state index contributed by atoms with van der Waals surface area (Å²) in [6, 6.07) is 0.448. The van der Waals surface area contributed by atoms with E-state index in [1.54, 1.807) is 0 Å². The summed E-state index contributed by atoms with van der Waals surface area (Å²) in [7, 11) is 0. The Morgan fingerprint density at radius 1 is 1.38 bits per heavy atom. The fourth-order valence-corrected chi connectivity index (χ4v) is 4.08. The van der Waals surface area contributed by atoms with Gasteiger partial charge in [-0.15, -0.1) is 0 Å². The minimum atomic E-state index is 0.238. The molecule has 0 aromatic rings. The van der Waals surface area contributed by atoms with Crippen molar-refractivity contribution in [2.75, 3.05) is 18.8 Å². The lowest BCUT2D eigenvalue weighted by atomic mass is 9.90. The highest BCUT2D eigenvalue weighted by Gasteiger charge is 2.32. The zero-order valence-corrected chi connectivity index (χ0v) is 11.3. The predicted octanol–water partition coefficient (Wildman–Crippen LogP) is 2.57. The van der Waals surface area contributed by atoms with Gasteiger partial charge in [0.2, 0.25) is 0 Å². The number of likely N-dealkylation sites (tertiary alicyclic amines) is 1. The van der Waals surface area contributed by atoms with Gasteiger partial charge in [0.15, 0.2) is 0 Å². The Hall–Kier alpha value is -0.0200. The minimum Gasteiger partial charge on any atom is -0.299 e. The Bertz CT molecular complexity index is 250. The number of rotatable bonds is 2. The second-order valence-corrected chi connectivity index (χ2v) is 6.64. The van der Waals surface area contributed by atoms with Crippen molar-refractivity contribution in [1.29, 1.82) is 0 Å². The number of hydrogen-bond donors (Lipinski definition) is 0. The second-order valence-electron chi connectivity index (χ2n) is 5.23. The highest BCUT2D eigenvalue weighted by molar-refractivity contribution is 7.99. The van der Waals surface area contributed by atoms with Gasteiger partial charge >= 0.3 is 0 Å². The molecule has 2 aliphatic rings. The van der Waals surface area contributed by atoms with Gasteiger partial charge < -0.3 is 0 Å². The zero-order chi connectivity index (χ0) is 11.5. The molecular formula is C13H23NOS. The van der Waals surface area contributed by atoms with E-state index in [2.05, 4.69) is 30.5 Å². The van der Waals surface area contributed by atoms with E-state index in [9.17, 15) is 4.79 Å². The van der Waals surface area contributed by atoms with Crippen molar-refractivity contribution >= 4 is 17.5 Å². The van der Waals surface area contributed by atoms with E-state index in [-0.39, 0.29) is 5.92 Å². The number of piperidine rings is 1. The zero-order valence-electron chi connectivity index (χ0n) is 10.4. The molecule has 0 radical (unpaired) electrons. The molecule has 2 fully saturated rings. The molecular weight excluding hydrogens is 218 g/mol. The van der Waals surface area contributed by atoms with Gasteiger partial charge in [0, 0.05) is 36.7 Å². The SMILES string of the molecule is CC1C(=O)CCN(CC2CCCCS2)C1C. The molecule has 2 nitrogen and oxygen atoms in total. The van der Waals surface area contributed by atoms with Crippen LogP contribution in [0.4, 0.5) is 0 Å². The maximum absolute atomic E-state index is 11.6. The van der Waals surface area contributed by atoms with Crippen LogP contribution in [0.15, 0.2) is 0 Å². The third-order valence-electron chi connectivity index (χ3n) is 4.16. The van der Waals surface area contributed by atoms with Crippen LogP contribution >= 0.6 is 11.8 Å². The topological polar surface area (TPSA) is 20.3 Å². The summed E-state index contributed by atoms with van der Waals surface area (Å²) < 4.78 is 0. The van der Waals surface area contributed by atoms with Crippen molar-refractivity contribution in [3.8, 4) is 0 Å². The monoisotopic (exact) mass is 241 g/mol. The molecule has 2 saturated heterocycles. The largest absolute Gasteiger partial charge is 0.299 e. The van der Waals surface area contributed by atoms with Gasteiger partial charge in [-0.3, -0.25) is 9.69 Å². The van der Waals surface area contributed by atoms with Gasteiger partial charge in [0.25, 0.3) is 0 Å². The molecule has 0 N–H and O–H groups in total. The highest BCUT2D eigenvalue weighted by atomic mass is 32.2. The third kappa shape index (κ3) is 2.80. The predicted molar refractivity (Wildman–Crippen MR) is 69.9 cm³/mol. The number of carbonyl (C=O) groups excluding carboxylic acids is 1. The molecule has 0 aliphatic carbocycles. The van der Waals surface area contributed by atoms with Crippen LogP contribution < -0.4 is 0 Å². The second kappa shape index (κ2) is 5.54. The molecule has 0 aromatic carbocycles. The molecule has 2 rings (SSSR count). The van der Waals surface area contributed by atoms with Crippen molar-refractivity contribution in [1.82, 2.24) is 4.90 Å². The summed E-state index contributed by atoms with van der Waals surface area (Å²) in [4.78, 5) is 14.1. The maximum atomic E-state index is 11.6. The van der Waals surface area contributed by atoms with Gasteiger partial charge in [-0.1, -0.05) is 13.3 Å². The first-order valence-electron chi connectivity index (χ1n) is 6.57. The lowest BCUT2D eigenvalue weighted by Gasteiger charge is -2.39. The third-order valence-corrected chi connectivity index (χ3v) is 5.55. The summed E-state index contributed by atoms with van der Waals surface area (Å²) in [6.07, 6.45) is 4.93. The Morgan fingerprint density at radius 2 is 2.19 bits per heavy atom. The van der Waals surface area contributed by atoms with E-state index in [0.29, 0.717) is 11.8 Å². The van der Waals surface area contributed by atoms with Gasteiger partial charge in [-0.2, -0.15) is 11.8 Å². The number of nitrogens with zero attached hydrogens (tertiary/aromatic N) is 1. The lowest BCUT2D eigenvalue weighted by molar-refractivity contribution is -0.127. The minimum absolute atomic E-state index is 0.238. The van der Waals surface area contributed by atoms with Gasteiger partial charge in [0.1, 0.15) is 5.78 Å². The molecule has 0 saturated carbocycles. The van der Waals surface area contributed by atoms with E-state index in [1.807, 2.05) is 0 Å². The van der Waals surface area contributed by atoms with E-state index < -0.39 is 0 Å². The fourth-order valence-electron chi connectivity index (χ4n) is 2.74. The standard InChI is InChI=1S/C13H23NOS/c1-10-11(2)14(7-6-13(10)15)9-12-5-3-4-8-16-12/h10-12H,3-9H2,1-2H3. The van der Waals surface area contributed by atoms with Gasteiger partial charge in [0.05, 0.1) is 0 Å². The highest BCUT2D eigenvalue weighted by Crippen LogP contribution is 2.28. The first-order valence-corrected chi connectivity index (χ1v) is 7.61. The molecule has 0 aromatic heterocycles. The summed E-state index contributed by atoms with van der Waals surface area (Å²) in [5, 5.41) is 0.816. The Morgan fingerprint density at radius 3 is 2.88 bits per heavy atom. The molecule has 2 heterocycles. The van der Waals surface area contributed by atoms with Crippen LogP contribution in [-0.2, 0) is 4.79 Å². The van der Waals surface area contributed by atoms with Gasteiger partial charge in [-0.25, -0.2) is 0 Å². The normalized spacial score (nSPS) is 37.6. The van der Waals surface area contributed by atoms with Crippen LogP contribution in [-0.4, -0.2) is 40.8 Å². The Labute approximate surface area is 103 Å². The summed E-state index contributed by atoms with van der Waals surface area (Å²) >= 11 is 2.13. The Kier molecular flexibility index (Phi) is 4.31. The number of Topliss-reactive ketones (excluding diaryl/α,β-unsaturated/α-hetero) is 1. The number of carbonyl (C=O) groups is 1. The maximum Gasteiger partial charge on any atom is 0.138 e. The molecule has 3 atom stereocenters. The van der Waals surface area contributed by atoms with Crippen LogP contribution in [0.25, 0.3) is 0 Å². The number of hydrogen-bond acceptors (Lipinski definition) is 3. The molecule has 0 amide bonds. The first kappa shape index (κ1) is 12.4. The summed E-state index contributed by atoms with van der Waals surface area (Å²) in [5.74, 6) is 2.03. The molecule has 0 bridgehead atoms. The Balaban J connectivity index is 1.86. The molecule has 3 heteroatoms. The molecule has 0 spiro atoms. The smallest absolute Gasteiger partial charge is 0.138 e. The van der Waals surface area contributed by atoms with E-state index in [4.69, 9.17) is 0 Å². The van der Waals surface area contributed by atoms with Crippen LogP contribution in [0.3, 0.4) is 0 Å². The van der Waals surface area contributed by atoms with Crippen molar-refractivity contribution in [3.63, 3.8) is 0 Å².